The van der Waals surface area contributed by atoms with Gasteiger partial charge in [-0.25, -0.2) is 14.0 Å². The number of carboxylic acids is 1. The van der Waals surface area contributed by atoms with E-state index in [1.807, 2.05) is 0 Å². The number of halogens is 2. The van der Waals surface area contributed by atoms with Crippen molar-refractivity contribution in [2.45, 2.75) is 0 Å². The molecule has 2 aromatic carbocycles. The standard InChI is InChI=1S/C15H10ClFO4/c1-21-15(20)11-6-8(2-4-12(11)16)10-7-9(14(18)19)3-5-13(10)17/h2-7H,1H3,(H,18,19). The third-order valence-corrected chi connectivity index (χ3v) is 3.23. The van der Waals surface area contributed by atoms with Crippen molar-refractivity contribution in [2.24, 2.45) is 0 Å². The molecule has 0 fully saturated rings. The van der Waals surface area contributed by atoms with E-state index in [1.54, 1.807) is 0 Å². The highest BCUT2D eigenvalue weighted by Gasteiger charge is 2.15. The Kier molecular flexibility index (Phi) is 4.23. The minimum absolute atomic E-state index is 0.0547. The van der Waals surface area contributed by atoms with Crippen LogP contribution in [0.5, 0.6) is 0 Å². The van der Waals surface area contributed by atoms with Crippen LogP contribution in [0.3, 0.4) is 0 Å². The number of methoxy groups -OCH3 is 1. The molecule has 0 heterocycles. The molecule has 0 atom stereocenters. The molecule has 0 aliphatic rings. The van der Waals surface area contributed by atoms with Crippen LogP contribution < -0.4 is 0 Å². The first-order valence-electron chi connectivity index (χ1n) is 5.85. The Labute approximate surface area is 124 Å². The predicted octanol–water partition coefficient (Wildman–Crippen LogP) is 3.63. The van der Waals surface area contributed by atoms with Crippen LogP contribution in [0.25, 0.3) is 11.1 Å². The topological polar surface area (TPSA) is 63.6 Å². The number of carbonyl (C=O) groups excluding carboxylic acids is 1. The van der Waals surface area contributed by atoms with Gasteiger partial charge >= 0.3 is 11.9 Å². The quantitative estimate of drug-likeness (QED) is 0.879. The number of hydrogen-bond donors (Lipinski definition) is 1. The monoisotopic (exact) mass is 308 g/mol. The molecule has 0 unspecified atom stereocenters. The summed E-state index contributed by atoms with van der Waals surface area (Å²) in [7, 11) is 1.21. The van der Waals surface area contributed by atoms with E-state index in [1.165, 1.54) is 31.4 Å². The van der Waals surface area contributed by atoms with Gasteiger partial charge in [-0.05, 0) is 35.9 Å². The number of benzene rings is 2. The van der Waals surface area contributed by atoms with Gasteiger partial charge in [0, 0.05) is 5.56 Å². The van der Waals surface area contributed by atoms with Gasteiger partial charge in [0.1, 0.15) is 5.82 Å². The number of esters is 1. The Bertz CT molecular complexity index is 728. The Balaban J connectivity index is 2.59. The van der Waals surface area contributed by atoms with Crippen molar-refractivity contribution in [2.75, 3.05) is 7.11 Å². The van der Waals surface area contributed by atoms with Crippen molar-refractivity contribution >= 4 is 23.5 Å². The van der Waals surface area contributed by atoms with Gasteiger partial charge in [0.15, 0.2) is 0 Å². The van der Waals surface area contributed by atoms with E-state index in [9.17, 15) is 14.0 Å². The average molecular weight is 309 g/mol. The second kappa shape index (κ2) is 5.93. The number of hydrogen-bond acceptors (Lipinski definition) is 3. The van der Waals surface area contributed by atoms with Gasteiger partial charge in [-0.1, -0.05) is 17.7 Å². The molecule has 0 radical (unpaired) electrons. The fraction of sp³-hybridized carbons (Fsp3) is 0.0667. The highest BCUT2D eigenvalue weighted by molar-refractivity contribution is 6.33. The third-order valence-electron chi connectivity index (χ3n) is 2.90. The minimum atomic E-state index is -1.17. The Morgan fingerprint density at radius 2 is 1.90 bits per heavy atom. The SMILES string of the molecule is COC(=O)c1cc(-c2cc(C(=O)O)ccc2F)ccc1Cl. The number of carbonyl (C=O) groups is 2. The number of carboxylic acid groups (broad SMARTS) is 1. The van der Waals surface area contributed by atoms with Crippen LogP contribution in [-0.4, -0.2) is 24.2 Å². The molecule has 0 aromatic heterocycles. The molecule has 2 rings (SSSR count). The highest BCUT2D eigenvalue weighted by Crippen LogP contribution is 2.28. The van der Waals surface area contributed by atoms with Crippen LogP contribution in [-0.2, 0) is 4.74 Å². The molecule has 2 aromatic rings. The van der Waals surface area contributed by atoms with Gasteiger partial charge in [0.2, 0.25) is 0 Å². The molecule has 0 saturated carbocycles. The van der Waals surface area contributed by atoms with Crippen molar-refractivity contribution in [3.8, 4) is 11.1 Å². The molecule has 0 bridgehead atoms. The molecule has 4 nitrogen and oxygen atoms in total. The molecular weight excluding hydrogens is 299 g/mol. The molecule has 0 saturated heterocycles. The lowest BCUT2D eigenvalue weighted by molar-refractivity contribution is 0.0600. The highest BCUT2D eigenvalue weighted by atomic mass is 35.5. The van der Waals surface area contributed by atoms with Crippen LogP contribution in [0.1, 0.15) is 20.7 Å². The van der Waals surface area contributed by atoms with E-state index >= 15 is 0 Å². The van der Waals surface area contributed by atoms with Gasteiger partial charge in [0.25, 0.3) is 0 Å². The molecule has 108 valence electrons. The van der Waals surface area contributed by atoms with Crippen molar-refractivity contribution in [1.29, 1.82) is 0 Å². The first-order chi connectivity index (χ1) is 9.93. The predicted molar refractivity (Wildman–Crippen MR) is 75.1 cm³/mol. The molecular formula is C15H10ClFO4. The minimum Gasteiger partial charge on any atom is -0.478 e. The van der Waals surface area contributed by atoms with Crippen LogP contribution in [0.2, 0.25) is 5.02 Å². The maximum Gasteiger partial charge on any atom is 0.339 e. The summed E-state index contributed by atoms with van der Waals surface area (Å²) in [5, 5.41) is 9.12. The Morgan fingerprint density at radius 1 is 1.19 bits per heavy atom. The van der Waals surface area contributed by atoms with Crippen molar-refractivity contribution in [3.05, 3.63) is 58.4 Å². The van der Waals surface area contributed by atoms with Crippen molar-refractivity contribution < 1.29 is 23.8 Å². The average Bonchev–Trinajstić information content (AvgIpc) is 2.47. The lowest BCUT2D eigenvalue weighted by atomic mass is 10.0. The summed E-state index contributed by atoms with van der Waals surface area (Å²) in [5.41, 5.74) is 0.426. The molecule has 0 aliphatic carbocycles. The number of rotatable bonds is 3. The Hall–Kier alpha value is -2.40. The third kappa shape index (κ3) is 3.03. The molecule has 1 N–H and O–H groups in total. The molecule has 6 heteroatoms. The molecule has 0 amide bonds. The maximum absolute atomic E-state index is 13.9. The summed E-state index contributed by atoms with van der Waals surface area (Å²) in [4.78, 5) is 22.5. The lowest BCUT2D eigenvalue weighted by Gasteiger charge is -2.08. The second-order valence-corrected chi connectivity index (χ2v) is 4.59. The van der Waals surface area contributed by atoms with Crippen LogP contribution >= 0.6 is 11.6 Å². The van der Waals surface area contributed by atoms with Gasteiger partial charge in [-0.2, -0.15) is 0 Å². The first-order valence-corrected chi connectivity index (χ1v) is 6.23. The fourth-order valence-corrected chi connectivity index (χ4v) is 2.03. The molecule has 0 aliphatic heterocycles. The number of aromatic carboxylic acids is 1. The Morgan fingerprint density at radius 3 is 2.52 bits per heavy atom. The van der Waals surface area contributed by atoms with Gasteiger partial charge in [0.05, 0.1) is 23.3 Å². The van der Waals surface area contributed by atoms with E-state index in [0.717, 1.165) is 12.1 Å². The van der Waals surface area contributed by atoms with Crippen molar-refractivity contribution in [3.63, 3.8) is 0 Å². The molecule has 21 heavy (non-hydrogen) atoms. The van der Waals surface area contributed by atoms with E-state index in [0.29, 0.717) is 5.56 Å². The largest absolute Gasteiger partial charge is 0.478 e. The van der Waals surface area contributed by atoms with Crippen LogP contribution in [0, 0.1) is 5.82 Å². The summed E-state index contributed by atoms with van der Waals surface area (Å²) >= 11 is 5.89. The number of ether oxygens (including phenoxy) is 1. The summed E-state index contributed by atoms with van der Waals surface area (Å²) in [6, 6.07) is 7.71. The van der Waals surface area contributed by atoms with Crippen molar-refractivity contribution in [1.82, 2.24) is 0 Å². The lowest BCUT2D eigenvalue weighted by Crippen LogP contribution is -2.03. The first kappa shape index (κ1) is 15.0. The smallest absolute Gasteiger partial charge is 0.339 e. The van der Waals surface area contributed by atoms with Crippen LogP contribution in [0.15, 0.2) is 36.4 Å². The summed E-state index contributed by atoms with van der Waals surface area (Å²) in [5.74, 6) is -2.42. The zero-order valence-corrected chi connectivity index (χ0v) is 11.6. The van der Waals surface area contributed by atoms with E-state index < -0.39 is 17.8 Å². The summed E-state index contributed by atoms with van der Waals surface area (Å²) in [6.07, 6.45) is 0. The van der Waals surface area contributed by atoms with E-state index in [4.69, 9.17) is 16.7 Å². The van der Waals surface area contributed by atoms with Gasteiger partial charge in [-0.15, -0.1) is 0 Å². The van der Waals surface area contributed by atoms with E-state index in [-0.39, 0.29) is 21.7 Å². The molecule has 0 spiro atoms. The zero-order chi connectivity index (χ0) is 15.6. The normalized spacial score (nSPS) is 10.2. The van der Waals surface area contributed by atoms with E-state index in [2.05, 4.69) is 4.74 Å². The van der Waals surface area contributed by atoms with Gasteiger partial charge in [-0.3, -0.25) is 0 Å². The second-order valence-electron chi connectivity index (χ2n) is 4.19. The maximum atomic E-state index is 13.9. The summed E-state index contributed by atoms with van der Waals surface area (Å²) in [6.45, 7) is 0. The van der Waals surface area contributed by atoms with Gasteiger partial charge < -0.3 is 9.84 Å². The zero-order valence-electron chi connectivity index (χ0n) is 10.9. The fourth-order valence-electron chi connectivity index (χ4n) is 1.84. The summed E-state index contributed by atoms with van der Waals surface area (Å²) < 4.78 is 18.5. The van der Waals surface area contributed by atoms with Crippen LogP contribution in [0.4, 0.5) is 4.39 Å².